The van der Waals surface area contributed by atoms with Crippen LogP contribution in [0.15, 0.2) is 11.6 Å². The van der Waals surface area contributed by atoms with Crippen molar-refractivity contribution in [2.24, 2.45) is 0 Å². The molecule has 0 rings (SSSR count). The molecule has 0 aromatic heterocycles. The maximum absolute atomic E-state index is 11.6. The summed E-state index contributed by atoms with van der Waals surface area (Å²) in [5.74, 6) is -1.90. The minimum atomic E-state index is -4.78. The third-order valence-corrected chi connectivity index (χ3v) is 1.28. The Bertz CT molecular complexity index is 195. The first kappa shape index (κ1) is 11.0. The molecule has 0 bridgehead atoms. The zero-order valence-electron chi connectivity index (χ0n) is 6.83. The van der Waals surface area contributed by atoms with Crippen molar-refractivity contribution < 1.29 is 18.0 Å². The molecular weight excluding hydrogens is 171 g/mol. The third-order valence-electron chi connectivity index (χ3n) is 1.28. The normalized spacial score (nSPS) is 12.9. The SMILES string of the molecule is CC=C(C)CNC(=O)C(F)(F)F. The molecule has 70 valence electrons. The van der Waals surface area contributed by atoms with Gasteiger partial charge in [-0.3, -0.25) is 4.79 Å². The van der Waals surface area contributed by atoms with E-state index in [2.05, 4.69) is 0 Å². The van der Waals surface area contributed by atoms with Gasteiger partial charge in [0.25, 0.3) is 0 Å². The second kappa shape index (κ2) is 4.13. The van der Waals surface area contributed by atoms with E-state index in [4.69, 9.17) is 0 Å². The van der Waals surface area contributed by atoms with Gasteiger partial charge in [0.05, 0.1) is 0 Å². The Balaban J connectivity index is 3.89. The molecule has 0 aliphatic carbocycles. The number of halogens is 3. The zero-order chi connectivity index (χ0) is 9.78. The number of alkyl halides is 3. The zero-order valence-corrected chi connectivity index (χ0v) is 6.83. The van der Waals surface area contributed by atoms with Crippen molar-refractivity contribution in [3.8, 4) is 0 Å². The van der Waals surface area contributed by atoms with Crippen LogP contribution in [0.1, 0.15) is 13.8 Å². The fraction of sp³-hybridized carbons (Fsp3) is 0.571. The molecule has 0 unspecified atom stereocenters. The highest BCUT2D eigenvalue weighted by Crippen LogP contribution is 2.13. The third kappa shape index (κ3) is 4.00. The fourth-order valence-corrected chi connectivity index (χ4v) is 0.422. The summed E-state index contributed by atoms with van der Waals surface area (Å²) in [4.78, 5) is 10.2. The Morgan fingerprint density at radius 2 is 2.00 bits per heavy atom. The molecule has 12 heavy (non-hydrogen) atoms. The predicted molar refractivity (Wildman–Crippen MR) is 38.5 cm³/mol. The van der Waals surface area contributed by atoms with Gasteiger partial charge in [0.2, 0.25) is 0 Å². The van der Waals surface area contributed by atoms with Crippen molar-refractivity contribution in [2.75, 3.05) is 6.54 Å². The van der Waals surface area contributed by atoms with Crippen molar-refractivity contribution in [2.45, 2.75) is 20.0 Å². The topological polar surface area (TPSA) is 29.1 Å². The summed E-state index contributed by atoms with van der Waals surface area (Å²) in [6.45, 7) is 3.26. The Morgan fingerprint density at radius 1 is 1.50 bits per heavy atom. The van der Waals surface area contributed by atoms with E-state index < -0.39 is 12.1 Å². The number of rotatable bonds is 2. The molecule has 0 aliphatic rings. The smallest absolute Gasteiger partial charge is 0.345 e. The van der Waals surface area contributed by atoms with Crippen LogP contribution in [0.5, 0.6) is 0 Å². The van der Waals surface area contributed by atoms with Crippen LogP contribution < -0.4 is 5.32 Å². The molecule has 0 spiro atoms. The van der Waals surface area contributed by atoms with Crippen molar-refractivity contribution in [3.05, 3.63) is 11.6 Å². The van der Waals surface area contributed by atoms with E-state index in [0.717, 1.165) is 0 Å². The van der Waals surface area contributed by atoms with E-state index in [1.807, 2.05) is 0 Å². The molecule has 5 heteroatoms. The summed E-state index contributed by atoms with van der Waals surface area (Å²) in [5.41, 5.74) is 0.688. The summed E-state index contributed by atoms with van der Waals surface area (Å²) >= 11 is 0. The minimum Gasteiger partial charge on any atom is -0.345 e. The molecule has 0 saturated carbocycles. The number of amides is 1. The number of nitrogens with one attached hydrogen (secondary N) is 1. The molecule has 1 amide bonds. The van der Waals surface area contributed by atoms with Crippen LogP contribution in [0.4, 0.5) is 13.2 Å². The van der Waals surface area contributed by atoms with Crippen molar-refractivity contribution in [1.82, 2.24) is 5.32 Å². The Labute approximate surface area is 68.4 Å². The van der Waals surface area contributed by atoms with E-state index in [0.29, 0.717) is 5.57 Å². The van der Waals surface area contributed by atoms with Crippen LogP contribution in [0.2, 0.25) is 0 Å². The fourth-order valence-electron chi connectivity index (χ4n) is 0.422. The largest absolute Gasteiger partial charge is 0.471 e. The van der Waals surface area contributed by atoms with Gasteiger partial charge in [-0.2, -0.15) is 13.2 Å². The molecule has 0 heterocycles. The summed E-state index contributed by atoms with van der Waals surface area (Å²) in [6.07, 6.45) is -3.15. The van der Waals surface area contributed by atoms with E-state index in [1.54, 1.807) is 25.2 Å². The van der Waals surface area contributed by atoms with E-state index in [9.17, 15) is 18.0 Å². The van der Waals surface area contributed by atoms with Gasteiger partial charge in [0.15, 0.2) is 0 Å². The molecule has 1 N–H and O–H groups in total. The summed E-state index contributed by atoms with van der Waals surface area (Å²) in [5, 5.41) is 1.74. The molecule has 0 saturated heterocycles. The molecule has 2 nitrogen and oxygen atoms in total. The number of allylic oxidation sites excluding steroid dienone is 1. The van der Waals surface area contributed by atoms with Gasteiger partial charge in [-0.15, -0.1) is 0 Å². The van der Waals surface area contributed by atoms with Gasteiger partial charge in [-0.05, 0) is 13.8 Å². The molecule has 0 aromatic carbocycles. The Morgan fingerprint density at radius 3 is 2.33 bits per heavy atom. The lowest BCUT2D eigenvalue weighted by atomic mass is 10.3. The van der Waals surface area contributed by atoms with Crippen molar-refractivity contribution in [3.63, 3.8) is 0 Å². The lowest BCUT2D eigenvalue weighted by Crippen LogP contribution is -2.37. The standard InChI is InChI=1S/C7H10F3NO/c1-3-5(2)4-11-6(12)7(8,9)10/h3H,4H2,1-2H3,(H,11,12). The van der Waals surface area contributed by atoms with Crippen LogP contribution in [0.25, 0.3) is 0 Å². The van der Waals surface area contributed by atoms with Crippen molar-refractivity contribution in [1.29, 1.82) is 0 Å². The molecule has 0 aliphatic heterocycles. The van der Waals surface area contributed by atoms with Crippen LogP contribution in [0.3, 0.4) is 0 Å². The molecular formula is C7H10F3NO. The first-order chi connectivity index (χ1) is 5.38. The Hall–Kier alpha value is -1.00. The second-order valence-electron chi connectivity index (χ2n) is 2.32. The van der Waals surface area contributed by atoms with Crippen LogP contribution in [0, 0.1) is 0 Å². The van der Waals surface area contributed by atoms with E-state index in [-0.39, 0.29) is 6.54 Å². The molecule has 0 radical (unpaired) electrons. The minimum absolute atomic E-state index is 0.0607. The van der Waals surface area contributed by atoms with Gasteiger partial charge in [0.1, 0.15) is 0 Å². The predicted octanol–water partition coefficient (Wildman–Crippen LogP) is 1.63. The first-order valence-electron chi connectivity index (χ1n) is 3.34. The number of carbonyl (C=O) groups excluding carboxylic acids is 1. The number of hydrogen-bond acceptors (Lipinski definition) is 1. The van der Waals surface area contributed by atoms with Crippen LogP contribution in [-0.2, 0) is 4.79 Å². The highest BCUT2D eigenvalue weighted by Gasteiger charge is 2.38. The summed E-state index contributed by atoms with van der Waals surface area (Å²) in [6, 6.07) is 0. The molecule has 0 fully saturated rings. The average molecular weight is 181 g/mol. The maximum atomic E-state index is 11.6. The molecule has 0 aromatic rings. The van der Waals surface area contributed by atoms with Gasteiger partial charge in [-0.1, -0.05) is 11.6 Å². The monoisotopic (exact) mass is 181 g/mol. The van der Waals surface area contributed by atoms with Crippen molar-refractivity contribution >= 4 is 5.91 Å². The van der Waals surface area contributed by atoms with Gasteiger partial charge < -0.3 is 5.32 Å². The van der Waals surface area contributed by atoms with Crippen LogP contribution >= 0.6 is 0 Å². The number of carbonyl (C=O) groups is 1. The number of hydrogen-bond donors (Lipinski definition) is 1. The second-order valence-corrected chi connectivity index (χ2v) is 2.32. The summed E-state index contributed by atoms with van der Waals surface area (Å²) < 4.78 is 34.7. The van der Waals surface area contributed by atoms with E-state index in [1.165, 1.54) is 0 Å². The highest BCUT2D eigenvalue weighted by molar-refractivity contribution is 5.81. The Kier molecular flexibility index (Phi) is 3.79. The molecule has 0 atom stereocenters. The van der Waals surface area contributed by atoms with Gasteiger partial charge >= 0.3 is 12.1 Å². The summed E-state index contributed by atoms with van der Waals surface area (Å²) in [7, 11) is 0. The van der Waals surface area contributed by atoms with Crippen LogP contribution in [-0.4, -0.2) is 18.6 Å². The lowest BCUT2D eigenvalue weighted by Gasteiger charge is -2.07. The maximum Gasteiger partial charge on any atom is 0.471 e. The quantitative estimate of drug-likeness (QED) is 0.644. The average Bonchev–Trinajstić information content (AvgIpc) is 1.97. The van der Waals surface area contributed by atoms with Gasteiger partial charge in [0, 0.05) is 6.54 Å². The first-order valence-corrected chi connectivity index (χ1v) is 3.34. The lowest BCUT2D eigenvalue weighted by molar-refractivity contribution is -0.173. The highest BCUT2D eigenvalue weighted by atomic mass is 19.4. The van der Waals surface area contributed by atoms with Gasteiger partial charge in [-0.25, -0.2) is 0 Å². The van der Waals surface area contributed by atoms with E-state index >= 15 is 0 Å².